The van der Waals surface area contributed by atoms with E-state index in [0.29, 0.717) is 5.41 Å². The molecule has 0 saturated heterocycles. The SMILES string of the molecule is ClCC1(CNCc2cc(Br)cs2)CCCCC1. The Balaban J connectivity index is 1.79. The van der Waals surface area contributed by atoms with Gasteiger partial charge in [-0.15, -0.1) is 22.9 Å². The summed E-state index contributed by atoms with van der Waals surface area (Å²) < 4.78 is 1.18. The Kier molecular flexibility index (Phi) is 5.34. The van der Waals surface area contributed by atoms with Gasteiger partial charge in [0.25, 0.3) is 0 Å². The summed E-state index contributed by atoms with van der Waals surface area (Å²) in [7, 11) is 0. The van der Waals surface area contributed by atoms with E-state index in [1.807, 2.05) is 0 Å². The molecule has 0 bridgehead atoms. The van der Waals surface area contributed by atoms with Gasteiger partial charge in [-0.2, -0.15) is 0 Å². The molecule has 1 aliphatic rings. The van der Waals surface area contributed by atoms with E-state index in [2.05, 4.69) is 32.7 Å². The van der Waals surface area contributed by atoms with Gasteiger partial charge in [-0.1, -0.05) is 19.3 Å². The number of hydrogen-bond donors (Lipinski definition) is 1. The van der Waals surface area contributed by atoms with Crippen molar-refractivity contribution in [3.8, 4) is 0 Å². The van der Waals surface area contributed by atoms with Crippen LogP contribution in [0.2, 0.25) is 0 Å². The largest absolute Gasteiger partial charge is 0.311 e. The number of halogens is 2. The molecule has 1 saturated carbocycles. The maximum Gasteiger partial charge on any atom is 0.0300 e. The summed E-state index contributed by atoms with van der Waals surface area (Å²) in [6, 6.07) is 2.19. The minimum atomic E-state index is 0.355. The van der Waals surface area contributed by atoms with E-state index >= 15 is 0 Å². The van der Waals surface area contributed by atoms with Crippen molar-refractivity contribution in [2.24, 2.45) is 5.41 Å². The zero-order valence-electron chi connectivity index (χ0n) is 9.98. The van der Waals surface area contributed by atoms with Crippen LogP contribution in [0.3, 0.4) is 0 Å². The Morgan fingerprint density at radius 2 is 2.12 bits per heavy atom. The third kappa shape index (κ3) is 3.95. The average Bonchev–Trinajstić information content (AvgIpc) is 2.76. The Morgan fingerprint density at radius 1 is 1.35 bits per heavy atom. The molecule has 1 heterocycles. The molecule has 0 amide bonds. The van der Waals surface area contributed by atoms with Crippen LogP contribution < -0.4 is 5.32 Å². The van der Waals surface area contributed by atoms with Crippen molar-refractivity contribution in [3.63, 3.8) is 0 Å². The van der Waals surface area contributed by atoms with Gasteiger partial charge in [0.15, 0.2) is 0 Å². The lowest BCUT2D eigenvalue weighted by Crippen LogP contribution is -2.37. The highest BCUT2D eigenvalue weighted by atomic mass is 79.9. The molecule has 17 heavy (non-hydrogen) atoms. The number of rotatable bonds is 5. The molecule has 4 heteroatoms. The summed E-state index contributed by atoms with van der Waals surface area (Å²) >= 11 is 11.5. The van der Waals surface area contributed by atoms with E-state index < -0.39 is 0 Å². The van der Waals surface area contributed by atoms with Gasteiger partial charge in [0, 0.05) is 33.7 Å². The molecule has 0 unspecified atom stereocenters. The minimum absolute atomic E-state index is 0.355. The standard InChI is InChI=1S/C13H19BrClNS/c14-11-6-12(17-8-11)7-16-10-13(9-15)4-2-1-3-5-13/h6,8,16H,1-5,7,9-10H2. The van der Waals surface area contributed by atoms with Gasteiger partial charge in [0.2, 0.25) is 0 Å². The van der Waals surface area contributed by atoms with Crippen molar-refractivity contribution < 1.29 is 0 Å². The van der Waals surface area contributed by atoms with Crippen molar-refractivity contribution in [3.05, 3.63) is 20.8 Å². The topological polar surface area (TPSA) is 12.0 Å². The van der Waals surface area contributed by atoms with Crippen LogP contribution in [-0.4, -0.2) is 12.4 Å². The highest BCUT2D eigenvalue weighted by Crippen LogP contribution is 2.36. The summed E-state index contributed by atoms with van der Waals surface area (Å²) in [4.78, 5) is 1.39. The maximum absolute atomic E-state index is 6.18. The lowest BCUT2D eigenvalue weighted by Gasteiger charge is -2.35. The maximum atomic E-state index is 6.18. The molecule has 1 aliphatic carbocycles. The second kappa shape index (κ2) is 6.55. The third-order valence-electron chi connectivity index (χ3n) is 3.62. The first-order valence-electron chi connectivity index (χ1n) is 6.24. The van der Waals surface area contributed by atoms with Crippen molar-refractivity contribution >= 4 is 38.9 Å². The lowest BCUT2D eigenvalue weighted by molar-refractivity contribution is 0.212. The van der Waals surface area contributed by atoms with Gasteiger partial charge in [0.05, 0.1) is 0 Å². The molecular formula is C13H19BrClNS. The van der Waals surface area contributed by atoms with Gasteiger partial charge >= 0.3 is 0 Å². The van der Waals surface area contributed by atoms with E-state index in [1.165, 1.54) is 41.5 Å². The lowest BCUT2D eigenvalue weighted by atomic mass is 9.75. The van der Waals surface area contributed by atoms with Crippen LogP contribution in [0.25, 0.3) is 0 Å². The molecule has 0 atom stereocenters. The number of alkyl halides is 1. The number of hydrogen-bond acceptors (Lipinski definition) is 2. The molecule has 1 aromatic heterocycles. The fourth-order valence-electron chi connectivity index (χ4n) is 2.56. The van der Waals surface area contributed by atoms with Crippen molar-refractivity contribution in [1.29, 1.82) is 0 Å². The highest BCUT2D eigenvalue weighted by molar-refractivity contribution is 9.10. The second-order valence-electron chi connectivity index (χ2n) is 5.03. The predicted octanol–water partition coefficient (Wildman–Crippen LogP) is 4.79. The van der Waals surface area contributed by atoms with Crippen LogP contribution in [0.4, 0.5) is 0 Å². The van der Waals surface area contributed by atoms with Crippen molar-refractivity contribution in [2.45, 2.75) is 38.6 Å². The van der Waals surface area contributed by atoms with E-state index in [4.69, 9.17) is 11.6 Å². The fourth-order valence-corrected chi connectivity index (χ4v) is 4.34. The molecule has 2 rings (SSSR count). The molecular weight excluding hydrogens is 318 g/mol. The van der Waals surface area contributed by atoms with Crippen molar-refractivity contribution in [1.82, 2.24) is 5.32 Å². The van der Waals surface area contributed by atoms with Gasteiger partial charge in [-0.3, -0.25) is 0 Å². The summed E-state index contributed by atoms with van der Waals surface area (Å²) in [6.45, 7) is 2.03. The van der Waals surface area contributed by atoms with E-state index in [0.717, 1.165) is 19.0 Å². The molecule has 1 N–H and O–H groups in total. The normalized spacial score (nSPS) is 19.4. The first-order chi connectivity index (χ1) is 8.24. The molecule has 96 valence electrons. The molecule has 0 radical (unpaired) electrons. The van der Waals surface area contributed by atoms with Crippen LogP contribution in [0, 0.1) is 5.41 Å². The Morgan fingerprint density at radius 3 is 2.71 bits per heavy atom. The minimum Gasteiger partial charge on any atom is -0.311 e. The first-order valence-corrected chi connectivity index (χ1v) is 8.44. The fraction of sp³-hybridized carbons (Fsp3) is 0.692. The van der Waals surface area contributed by atoms with Crippen LogP contribution >= 0.6 is 38.9 Å². The van der Waals surface area contributed by atoms with E-state index in [-0.39, 0.29) is 0 Å². The van der Waals surface area contributed by atoms with E-state index in [1.54, 1.807) is 11.3 Å². The molecule has 1 aromatic rings. The van der Waals surface area contributed by atoms with Gasteiger partial charge in [-0.25, -0.2) is 0 Å². The van der Waals surface area contributed by atoms with Crippen molar-refractivity contribution in [2.75, 3.05) is 12.4 Å². The Bertz CT molecular complexity index is 347. The molecule has 0 spiro atoms. The zero-order chi connectivity index (χ0) is 12.1. The third-order valence-corrected chi connectivity index (χ3v) is 5.88. The van der Waals surface area contributed by atoms with E-state index in [9.17, 15) is 0 Å². The van der Waals surface area contributed by atoms with Crippen LogP contribution in [-0.2, 0) is 6.54 Å². The molecule has 1 fully saturated rings. The van der Waals surface area contributed by atoms with Crippen LogP contribution in [0.1, 0.15) is 37.0 Å². The Hall–Kier alpha value is 0.430. The molecule has 0 aliphatic heterocycles. The zero-order valence-corrected chi connectivity index (χ0v) is 13.1. The van der Waals surface area contributed by atoms with Crippen LogP contribution in [0.15, 0.2) is 15.9 Å². The van der Waals surface area contributed by atoms with Gasteiger partial charge in [-0.05, 0) is 40.3 Å². The van der Waals surface area contributed by atoms with Crippen LogP contribution in [0.5, 0.6) is 0 Å². The number of nitrogens with one attached hydrogen (secondary N) is 1. The summed E-state index contributed by atoms with van der Waals surface area (Å²) in [5, 5.41) is 5.72. The summed E-state index contributed by atoms with van der Waals surface area (Å²) in [5.41, 5.74) is 0.355. The van der Waals surface area contributed by atoms with Gasteiger partial charge < -0.3 is 5.32 Å². The summed E-state index contributed by atoms with van der Waals surface area (Å²) in [5.74, 6) is 0.800. The molecule has 1 nitrogen and oxygen atoms in total. The monoisotopic (exact) mass is 335 g/mol. The second-order valence-corrected chi connectivity index (χ2v) is 7.21. The highest BCUT2D eigenvalue weighted by Gasteiger charge is 2.30. The first kappa shape index (κ1) is 13.9. The summed E-state index contributed by atoms with van der Waals surface area (Å²) in [6.07, 6.45) is 6.66. The average molecular weight is 337 g/mol. The predicted molar refractivity (Wildman–Crippen MR) is 80.0 cm³/mol. The number of thiophene rings is 1. The smallest absolute Gasteiger partial charge is 0.0300 e. The Labute approximate surface area is 121 Å². The quantitative estimate of drug-likeness (QED) is 0.762. The molecule has 0 aromatic carbocycles. The van der Waals surface area contributed by atoms with Gasteiger partial charge in [0.1, 0.15) is 0 Å².